The first-order valence-electron chi connectivity index (χ1n) is 6.58. The number of nitrogens with zero attached hydrogens (tertiary/aromatic N) is 2. The van der Waals surface area contributed by atoms with E-state index in [-0.39, 0.29) is 0 Å². The lowest BCUT2D eigenvalue weighted by Crippen LogP contribution is -2.03. The molecule has 3 nitrogen and oxygen atoms in total. The minimum Gasteiger partial charge on any atom is -0.380 e. The summed E-state index contributed by atoms with van der Waals surface area (Å²) in [4.78, 5) is 1.31. The van der Waals surface area contributed by atoms with E-state index in [0.29, 0.717) is 0 Å². The van der Waals surface area contributed by atoms with Gasteiger partial charge in [-0.1, -0.05) is 19.1 Å². The molecule has 0 aliphatic heterocycles. The topological polar surface area (TPSA) is 29.9 Å². The zero-order valence-electron chi connectivity index (χ0n) is 12.0. The predicted molar refractivity (Wildman–Crippen MR) is 82.8 cm³/mol. The lowest BCUT2D eigenvalue weighted by Gasteiger charge is -2.11. The first kappa shape index (κ1) is 14.0. The number of para-hydroxylation sites is 1. The van der Waals surface area contributed by atoms with Gasteiger partial charge in [-0.25, -0.2) is 0 Å². The highest BCUT2D eigenvalue weighted by atomic mass is 32.2. The fourth-order valence-electron chi connectivity index (χ4n) is 2.15. The second kappa shape index (κ2) is 6.15. The van der Waals surface area contributed by atoms with E-state index in [9.17, 15) is 0 Å². The zero-order chi connectivity index (χ0) is 13.8. The number of thioether (sulfide) groups is 1. The average molecular weight is 275 g/mol. The van der Waals surface area contributed by atoms with Crippen LogP contribution in [0.5, 0.6) is 0 Å². The molecular weight excluding hydrogens is 254 g/mol. The van der Waals surface area contributed by atoms with Gasteiger partial charge in [-0.2, -0.15) is 5.10 Å². The van der Waals surface area contributed by atoms with Gasteiger partial charge in [0, 0.05) is 35.4 Å². The maximum absolute atomic E-state index is 4.45. The Labute approximate surface area is 119 Å². The number of anilines is 1. The third-order valence-corrected chi connectivity index (χ3v) is 4.26. The molecule has 1 heterocycles. The van der Waals surface area contributed by atoms with Gasteiger partial charge < -0.3 is 5.32 Å². The van der Waals surface area contributed by atoms with Gasteiger partial charge >= 0.3 is 0 Å². The van der Waals surface area contributed by atoms with Crippen molar-refractivity contribution >= 4 is 17.4 Å². The largest absolute Gasteiger partial charge is 0.380 e. The van der Waals surface area contributed by atoms with Crippen LogP contribution in [0, 0.1) is 13.8 Å². The molecule has 0 aliphatic rings. The summed E-state index contributed by atoms with van der Waals surface area (Å²) in [7, 11) is 1.99. The van der Waals surface area contributed by atoms with Crippen LogP contribution >= 0.6 is 11.8 Å². The molecule has 4 heteroatoms. The van der Waals surface area contributed by atoms with Gasteiger partial charge in [-0.3, -0.25) is 4.68 Å². The molecule has 0 saturated carbocycles. The predicted octanol–water partition coefficient (Wildman–Crippen LogP) is 3.76. The molecule has 0 atom stereocenters. The Morgan fingerprint density at radius 1 is 1.26 bits per heavy atom. The summed E-state index contributed by atoms with van der Waals surface area (Å²) in [5.74, 6) is 1.09. The number of rotatable bonds is 5. The quantitative estimate of drug-likeness (QED) is 0.843. The Hall–Kier alpha value is -1.42. The Balaban J connectivity index is 2.14. The van der Waals surface area contributed by atoms with Gasteiger partial charge in [0.15, 0.2) is 0 Å². The Morgan fingerprint density at radius 3 is 2.63 bits per heavy atom. The fourth-order valence-corrected chi connectivity index (χ4v) is 2.93. The molecule has 1 aromatic carbocycles. The van der Waals surface area contributed by atoms with E-state index in [1.54, 1.807) is 0 Å². The Kier molecular flexibility index (Phi) is 4.53. The third-order valence-electron chi connectivity index (χ3n) is 3.30. The molecule has 2 rings (SSSR count). The van der Waals surface area contributed by atoms with Crippen molar-refractivity contribution in [2.75, 3.05) is 11.1 Å². The molecule has 2 aromatic rings. The van der Waals surface area contributed by atoms with Crippen LogP contribution in [0.2, 0.25) is 0 Å². The van der Waals surface area contributed by atoms with Crippen molar-refractivity contribution in [3.63, 3.8) is 0 Å². The fraction of sp³-hybridized carbons (Fsp3) is 0.400. The van der Waals surface area contributed by atoms with Gasteiger partial charge in [0.2, 0.25) is 0 Å². The first-order chi connectivity index (χ1) is 9.13. The van der Waals surface area contributed by atoms with E-state index in [1.165, 1.54) is 21.8 Å². The lowest BCUT2D eigenvalue weighted by molar-refractivity contribution is 0.730. The maximum Gasteiger partial charge on any atom is 0.0646 e. The molecule has 0 radical (unpaired) electrons. The molecule has 0 spiro atoms. The molecule has 1 N–H and O–H groups in total. The number of aryl methyl sites for hydroxylation is 2. The molecule has 0 unspecified atom stereocenters. The van der Waals surface area contributed by atoms with Crippen molar-refractivity contribution in [2.45, 2.75) is 32.2 Å². The van der Waals surface area contributed by atoms with Crippen molar-refractivity contribution < 1.29 is 0 Å². The van der Waals surface area contributed by atoms with E-state index in [4.69, 9.17) is 0 Å². The summed E-state index contributed by atoms with van der Waals surface area (Å²) in [6.07, 6.45) is 0. The molecular formula is C15H21N3S. The molecule has 0 amide bonds. The van der Waals surface area contributed by atoms with Crippen molar-refractivity contribution in [3.8, 4) is 0 Å². The van der Waals surface area contributed by atoms with Crippen LogP contribution in [0.4, 0.5) is 5.69 Å². The molecule has 102 valence electrons. The van der Waals surface area contributed by atoms with Crippen LogP contribution in [0.3, 0.4) is 0 Å². The zero-order valence-corrected chi connectivity index (χ0v) is 12.8. The number of benzene rings is 1. The molecule has 1 aromatic heterocycles. The van der Waals surface area contributed by atoms with Gasteiger partial charge in [0.1, 0.15) is 0 Å². The highest BCUT2D eigenvalue weighted by Crippen LogP contribution is 2.27. The lowest BCUT2D eigenvalue weighted by atomic mass is 10.2. The normalized spacial score (nSPS) is 10.7. The van der Waals surface area contributed by atoms with E-state index >= 15 is 0 Å². The van der Waals surface area contributed by atoms with Crippen molar-refractivity contribution in [1.29, 1.82) is 0 Å². The SMILES string of the molecule is CCSc1ccccc1NCc1c(C)nn(C)c1C. The number of hydrogen-bond acceptors (Lipinski definition) is 3. The highest BCUT2D eigenvalue weighted by Gasteiger charge is 2.09. The molecule has 0 fully saturated rings. The van der Waals surface area contributed by atoms with Gasteiger partial charge in [-0.15, -0.1) is 11.8 Å². The van der Waals surface area contributed by atoms with Crippen molar-refractivity contribution in [3.05, 3.63) is 41.2 Å². The second-order valence-electron chi connectivity index (χ2n) is 4.56. The second-order valence-corrected chi connectivity index (χ2v) is 5.86. The third kappa shape index (κ3) is 3.13. The van der Waals surface area contributed by atoms with Gasteiger partial charge in [0.25, 0.3) is 0 Å². The summed E-state index contributed by atoms with van der Waals surface area (Å²) in [5, 5.41) is 7.99. The van der Waals surface area contributed by atoms with E-state index in [1.807, 2.05) is 23.5 Å². The number of aromatic nitrogens is 2. The summed E-state index contributed by atoms with van der Waals surface area (Å²) >= 11 is 1.87. The minimum atomic E-state index is 0.826. The van der Waals surface area contributed by atoms with Crippen LogP contribution < -0.4 is 5.32 Å². The maximum atomic E-state index is 4.45. The molecule has 19 heavy (non-hydrogen) atoms. The first-order valence-corrected chi connectivity index (χ1v) is 7.56. The van der Waals surface area contributed by atoms with Crippen LogP contribution in [0.25, 0.3) is 0 Å². The number of nitrogens with one attached hydrogen (secondary N) is 1. The highest BCUT2D eigenvalue weighted by molar-refractivity contribution is 7.99. The smallest absolute Gasteiger partial charge is 0.0646 e. The summed E-state index contributed by atoms with van der Waals surface area (Å²) in [6.45, 7) is 7.18. The summed E-state index contributed by atoms with van der Waals surface area (Å²) in [6, 6.07) is 8.47. The van der Waals surface area contributed by atoms with E-state index in [2.05, 4.69) is 55.5 Å². The summed E-state index contributed by atoms with van der Waals surface area (Å²) < 4.78 is 1.94. The molecule has 0 bridgehead atoms. The molecule has 0 aliphatic carbocycles. The van der Waals surface area contributed by atoms with Crippen LogP contribution in [-0.2, 0) is 13.6 Å². The van der Waals surface area contributed by atoms with Gasteiger partial charge in [0.05, 0.1) is 5.69 Å². The van der Waals surface area contributed by atoms with Gasteiger partial charge in [-0.05, 0) is 31.7 Å². The number of hydrogen-bond donors (Lipinski definition) is 1. The van der Waals surface area contributed by atoms with E-state index < -0.39 is 0 Å². The van der Waals surface area contributed by atoms with Crippen LogP contribution in [0.1, 0.15) is 23.9 Å². The standard InChI is InChI=1S/C15H21N3S/c1-5-19-15-9-7-6-8-14(15)16-10-13-11(2)17-18(4)12(13)3/h6-9,16H,5,10H2,1-4H3. The van der Waals surface area contributed by atoms with Crippen LogP contribution in [-0.4, -0.2) is 15.5 Å². The monoisotopic (exact) mass is 275 g/mol. The van der Waals surface area contributed by atoms with Crippen LogP contribution in [0.15, 0.2) is 29.2 Å². The summed E-state index contributed by atoms with van der Waals surface area (Å²) in [5.41, 5.74) is 4.83. The van der Waals surface area contributed by atoms with E-state index in [0.717, 1.165) is 18.0 Å². The van der Waals surface area contributed by atoms with Crippen molar-refractivity contribution in [1.82, 2.24) is 9.78 Å². The average Bonchev–Trinajstić information content (AvgIpc) is 2.63. The Morgan fingerprint density at radius 2 is 2.00 bits per heavy atom. The minimum absolute atomic E-state index is 0.826. The molecule has 0 saturated heterocycles. The van der Waals surface area contributed by atoms with Crippen molar-refractivity contribution in [2.24, 2.45) is 7.05 Å². The Bertz CT molecular complexity index is 561.